The van der Waals surface area contributed by atoms with Gasteiger partial charge in [0, 0.05) is 48.1 Å². The first-order valence-electron chi connectivity index (χ1n) is 21.8. The monoisotopic (exact) mass is 821 g/mol. The Morgan fingerprint density at radius 3 is 1.67 bits per heavy atom. The third kappa shape index (κ3) is 6.21. The van der Waals surface area contributed by atoms with Crippen molar-refractivity contribution < 1.29 is 0 Å². The lowest BCUT2D eigenvalue weighted by atomic mass is 9.79. The van der Waals surface area contributed by atoms with E-state index in [1.807, 2.05) is 11.3 Å². The van der Waals surface area contributed by atoms with Crippen LogP contribution in [0.5, 0.6) is 0 Å². The molecule has 0 amide bonds. The van der Waals surface area contributed by atoms with Crippen molar-refractivity contribution in [1.82, 2.24) is 0 Å². The normalized spacial score (nSPS) is 12.7. The highest BCUT2D eigenvalue weighted by atomic mass is 32.1. The predicted octanol–water partition coefficient (Wildman–Crippen LogP) is 17.7. The molecule has 1 aliphatic carbocycles. The number of thiophene rings is 1. The fourth-order valence-corrected chi connectivity index (χ4v) is 11.4. The molecular weight excluding hydrogens is 779 g/mol. The number of hydrogen-bond donors (Lipinski definition) is 0. The molecule has 0 atom stereocenters. The highest BCUT2D eigenvalue weighted by Crippen LogP contribution is 2.52. The van der Waals surface area contributed by atoms with Crippen molar-refractivity contribution in [2.24, 2.45) is 0 Å². The van der Waals surface area contributed by atoms with E-state index in [1.54, 1.807) is 0 Å². The second-order valence-corrected chi connectivity index (χ2v) is 18.3. The summed E-state index contributed by atoms with van der Waals surface area (Å²) in [5.41, 5.74) is 18.5. The van der Waals surface area contributed by atoms with Crippen molar-refractivity contribution in [3.8, 4) is 55.6 Å². The van der Waals surface area contributed by atoms with Crippen LogP contribution in [-0.4, -0.2) is 0 Å². The second-order valence-electron chi connectivity index (χ2n) is 17.3. The van der Waals surface area contributed by atoms with Crippen LogP contribution in [0.4, 0.5) is 17.1 Å². The van der Waals surface area contributed by atoms with Gasteiger partial charge in [0.25, 0.3) is 0 Å². The Labute approximate surface area is 372 Å². The van der Waals surface area contributed by atoms with E-state index < -0.39 is 0 Å². The van der Waals surface area contributed by atoms with Gasteiger partial charge >= 0.3 is 0 Å². The highest BCUT2D eigenvalue weighted by molar-refractivity contribution is 7.26. The zero-order valence-electron chi connectivity index (χ0n) is 35.2. The van der Waals surface area contributed by atoms with Gasteiger partial charge in [0.1, 0.15) is 0 Å². The lowest BCUT2D eigenvalue weighted by Gasteiger charge is -2.29. The van der Waals surface area contributed by atoms with Gasteiger partial charge in [-0.1, -0.05) is 196 Å². The van der Waals surface area contributed by atoms with Gasteiger partial charge in [-0.25, -0.2) is 0 Å². The Hall–Kier alpha value is -7.52. The quantitative estimate of drug-likeness (QED) is 0.155. The minimum absolute atomic E-state index is 0.0989. The number of para-hydroxylation sites is 1. The smallest absolute Gasteiger partial charge is 0.0540 e. The van der Waals surface area contributed by atoms with Gasteiger partial charge in [-0.3, -0.25) is 0 Å². The Morgan fingerprint density at radius 2 is 0.889 bits per heavy atom. The third-order valence-electron chi connectivity index (χ3n) is 13.3. The number of rotatable bonds is 7. The molecule has 0 N–H and O–H groups in total. The van der Waals surface area contributed by atoms with Crippen LogP contribution in [0.1, 0.15) is 25.0 Å². The van der Waals surface area contributed by atoms with Crippen molar-refractivity contribution in [3.05, 3.63) is 236 Å². The fourth-order valence-electron chi connectivity index (χ4n) is 10.2. The van der Waals surface area contributed by atoms with E-state index in [4.69, 9.17) is 0 Å². The molecule has 0 bridgehead atoms. The Morgan fingerprint density at radius 1 is 0.365 bits per heavy atom. The molecule has 0 spiro atoms. The molecule has 0 aliphatic heterocycles. The Balaban J connectivity index is 0.956. The van der Waals surface area contributed by atoms with Crippen LogP contribution in [0.25, 0.3) is 86.6 Å². The lowest BCUT2D eigenvalue weighted by Crippen LogP contribution is -2.16. The largest absolute Gasteiger partial charge is 0.310 e. The molecule has 0 radical (unpaired) electrons. The van der Waals surface area contributed by atoms with Crippen LogP contribution >= 0.6 is 11.3 Å². The van der Waals surface area contributed by atoms with Crippen molar-refractivity contribution in [2.45, 2.75) is 19.3 Å². The van der Waals surface area contributed by atoms with E-state index in [0.717, 1.165) is 17.1 Å². The minimum atomic E-state index is -0.0989. The summed E-state index contributed by atoms with van der Waals surface area (Å²) in [5, 5.41) is 5.13. The Kier molecular flexibility index (Phi) is 8.77. The summed E-state index contributed by atoms with van der Waals surface area (Å²) in [6.45, 7) is 4.74. The SMILES string of the molecule is CC1(C)c2ccccc2-c2cccc(-c3ccc(N(c4ccc(-c5ccc(-c6ccc7ccccc7c6)cc5)cc4)c4ccccc4-c4cccc5c4sc4ccccc45)cc3)c21. The average molecular weight is 822 g/mol. The molecule has 10 aromatic carbocycles. The van der Waals surface area contributed by atoms with E-state index in [1.165, 1.54) is 97.7 Å². The molecule has 0 fully saturated rings. The van der Waals surface area contributed by atoms with Crippen molar-refractivity contribution >= 4 is 59.3 Å². The summed E-state index contributed by atoms with van der Waals surface area (Å²) in [4.78, 5) is 2.44. The fraction of sp³-hybridized carbons (Fsp3) is 0.0492. The van der Waals surface area contributed by atoms with Crippen molar-refractivity contribution in [1.29, 1.82) is 0 Å². The van der Waals surface area contributed by atoms with E-state index in [9.17, 15) is 0 Å². The topological polar surface area (TPSA) is 3.24 Å². The molecule has 2 heteroatoms. The zero-order valence-corrected chi connectivity index (χ0v) is 36.0. The molecular formula is C61H43NS. The molecule has 12 rings (SSSR count). The molecule has 298 valence electrons. The van der Waals surface area contributed by atoms with Gasteiger partial charge in [-0.15, -0.1) is 11.3 Å². The van der Waals surface area contributed by atoms with E-state index >= 15 is 0 Å². The standard InChI is InChI=1S/C61H43NS/c1-61(2)56-22-8-5-15-50(56)53-19-11-18-49(59(53)61)44-33-37-48(38-34-44)62(57-23-9-6-16-51(57)54-20-12-21-55-52-17-7-10-24-58(52)63-60(54)55)47-35-31-42(32-36-47)41-25-27-43(28-26-41)46-30-29-40-13-3-4-14-45(40)39-46/h3-39H,1-2H3. The molecule has 1 aliphatic rings. The summed E-state index contributed by atoms with van der Waals surface area (Å²) < 4.78 is 2.62. The van der Waals surface area contributed by atoms with E-state index in [2.05, 4.69) is 243 Å². The number of benzene rings is 10. The summed E-state index contributed by atoms with van der Waals surface area (Å²) in [5.74, 6) is 0. The number of nitrogens with zero attached hydrogens (tertiary/aromatic N) is 1. The maximum atomic E-state index is 2.44. The summed E-state index contributed by atoms with van der Waals surface area (Å²) in [6, 6.07) is 82.8. The zero-order chi connectivity index (χ0) is 42.1. The first-order valence-corrected chi connectivity index (χ1v) is 22.6. The van der Waals surface area contributed by atoms with E-state index in [0.29, 0.717) is 0 Å². The lowest BCUT2D eigenvalue weighted by molar-refractivity contribution is 0.662. The van der Waals surface area contributed by atoms with Crippen LogP contribution < -0.4 is 4.90 Å². The van der Waals surface area contributed by atoms with Crippen LogP contribution in [-0.2, 0) is 5.41 Å². The molecule has 0 unspecified atom stereocenters. The molecule has 0 saturated heterocycles. The highest BCUT2D eigenvalue weighted by Gasteiger charge is 2.37. The van der Waals surface area contributed by atoms with E-state index in [-0.39, 0.29) is 5.41 Å². The third-order valence-corrected chi connectivity index (χ3v) is 14.5. The van der Waals surface area contributed by atoms with Crippen LogP contribution in [0.15, 0.2) is 224 Å². The minimum Gasteiger partial charge on any atom is -0.310 e. The summed E-state index contributed by atoms with van der Waals surface area (Å²) >= 11 is 1.88. The molecule has 0 saturated carbocycles. The first-order chi connectivity index (χ1) is 31.0. The summed E-state index contributed by atoms with van der Waals surface area (Å²) in [6.07, 6.45) is 0. The molecule has 63 heavy (non-hydrogen) atoms. The number of hydrogen-bond acceptors (Lipinski definition) is 2. The van der Waals surface area contributed by atoms with Gasteiger partial charge in [-0.2, -0.15) is 0 Å². The van der Waals surface area contributed by atoms with Gasteiger partial charge in [0.15, 0.2) is 0 Å². The van der Waals surface area contributed by atoms with Gasteiger partial charge < -0.3 is 4.90 Å². The van der Waals surface area contributed by atoms with Crippen molar-refractivity contribution in [3.63, 3.8) is 0 Å². The van der Waals surface area contributed by atoms with Crippen LogP contribution in [0.3, 0.4) is 0 Å². The number of fused-ring (bicyclic) bond motifs is 7. The Bertz CT molecular complexity index is 3520. The second kappa shape index (κ2) is 14.8. The average Bonchev–Trinajstić information content (AvgIpc) is 3.84. The molecule has 11 aromatic rings. The number of anilines is 3. The summed E-state index contributed by atoms with van der Waals surface area (Å²) in [7, 11) is 0. The molecule has 1 nitrogen and oxygen atoms in total. The maximum absolute atomic E-state index is 2.44. The van der Waals surface area contributed by atoms with Gasteiger partial charge in [-0.05, 0) is 109 Å². The maximum Gasteiger partial charge on any atom is 0.0540 e. The van der Waals surface area contributed by atoms with Crippen LogP contribution in [0, 0.1) is 0 Å². The van der Waals surface area contributed by atoms with Gasteiger partial charge in [0.2, 0.25) is 0 Å². The van der Waals surface area contributed by atoms with Crippen LogP contribution in [0.2, 0.25) is 0 Å². The van der Waals surface area contributed by atoms with Crippen molar-refractivity contribution in [2.75, 3.05) is 4.90 Å². The molecule has 1 heterocycles. The first kappa shape index (κ1) is 37.3. The predicted molar refractivity (Wildman–Crippen MR) is 271 cm³/mol. The van der Waals surface area contributed by atoms with Gasteiger partial charge in [0.05, 0.1) is 5.69 Å². The molecule has 1 aromatic heterocycles.